The highest BCUT2D eigenvalue weighted by Gasteiger charge is 2.29. The fourth-order valence-electron chi connectivity index (χ4n) is 1.97. The summed E-state index contributed by atoms with van der Waals surface area (Å²) in [5.41, 5.74) is -0.519. The highest BCUT2D eigenvalue weighted by Crippen LogP contribution is 2.29. The molecule has 0 unspecified atom stereocenters. The van der Waals surface area contributed by atoms with Crippen molar-refractivity contribution in [3.63, 3.8) is 0 Å². The van der Waals surface area contributed by atoms with E-state index in [-0.39, 0.29) is 10.6 Å². The third kappa shape index (κ3) is 4.66. The van der Waals surface area contributed by atoms with Crippen LogP contribution in [0.3, 0.4) is 0 Å². The van der Waals surface area contributed by atoms with Gasteiger partial charge >= 0.3 is 6.18 Å². The van der Waals surface area contributed by atoms with Gasteiger partial charge in [-0.3, -0.25) is 0 Å². The topological polar surface area (TPSA) is 77.0 Å². The van der Waals surface area contributed by atoms with Crippen LogP contribution >= 0.6 is 0 Å². The van der Waals surface area contributed by atoms with Crippen molar-refractivity contribution < 1.29 is 31.1 Å². The highest BCUT2D eigenvalue weighted by molar-refractivity contribution is 7.89. The number of benzene rings is 2. The Labute approximate surface area is 148 Å². The number of nitrogens with zero attached hydrogens (tertiary/aromatic N) is 1. The van der Waals surface area contributed by atoms with Crippen molar-refractivity contribution in [2.75, 3.05) is 14.2 Å². The highest BCUT2D eigenvalue weighted by atomic mass is 32.2. The zero-order valence-corrected chi connectivity index (χ0v) is 14.6. The number of halogens is 3. The number of nitrogens with one attached hydrogen (secondary N) is 1. The molecule has 0 atom stereocenters. The summed E-state index contributed by atoms with van der Waals surface area (Å²) >= 11 is 0. The van der Waals surface area contributed by atoms with Crippen molar-refractivity contribution in [1.29, 1.82) is 0 Å². The SMILES string of the molecule is COc1ccc(OC)c(S(=O)(=O)N/N=C/c2ccc(C(F)(F)F)cc2)c1. The molecule has 0 aliphatic heterocycles. The molecule has 0 bridgehead atoms. The maximum absolute atomic E-state index is 12.5. The Morgan fingerprint density at radius 3 is 2.23 bits per heavy atom. The molecule has 0 aromatic heterocycles. The van der Waals surface area contributed by atoms with Crippen LogP contribution in [0.1, 0.15) is 11.1 Å². The number of alkyl halides is 3. The molecular weight excluding hydrogens is 373 g/mol. The summed E-state index contributed by atoms with van der Waals surface area (Å²) in [7, 11) is -1.37. The minimum Gasteiger partial charge on any atom is -0.497 e. The second-order valence-electron chi connectivity index (χ2n) is 4.99. The predicted molar refractivity (Wildman–Crippen MR) is 88.9 cm³/mol. The van der Waals surface area contributed by atoms with Crippen LogP contribution in [-0.4, -0.2) is 28.9 Å². The molecule has 0 aliphatic rings. The molecule has 2 rings (SSSR count). The van der Waals surface area contributed by atoms with E-state index in [0.717, 1.165) is 18.3 Å². The second-order valence-corrected chi connectivity index (χ2v) is 6.62. The molecule has 0 radical (unpaired) electrons. The molecule has 0 amide bonds. The molecule has 10 heteroatoms. The molecule has 0 fully saturated rings. The van der Waals surface area contributed by atoms with E-state index in [9.17, 15) is 21.6 Å². The first-order valence-corrected chi connectivity index (χ1v) is 8.60. The van der Waals surface area contributed by atoms with Gasteiger partial charge < -0.3 is 9.47 Å². The Balaban J connectivity index is 2.19. The van der Waals surface area contributed by atoms with Crippen molar-refractivity contribution in [1.82, 2.24) is 4.83 Å². The van der Waals surface area contributed by atoms with E-state index in [1.807, 2.05) is 4.83 Å². The molecule has 1 N–H and O–H groups in total. The third-order valence-electron chi connectivity index (χ3n) is 3.28. The zero-order chi connectivity index (χ0) is 19.4. The van der Waals surface area contributed by atoms with E-state index in [0.29, 0.717) is 11.3 Å². The molecule has 140 valence electrons. The minimum absolute atomic E-state index is 0.0861. The molecular formula is C16H15F3N2O4S. The molecule has 0 aliphatic carbocycles. The molecule has 0 spiro atoms. The average Bonchev–Trinajstić information content (AvgIpc) is 2.60. The van der Waals surface area contributed by atoms with Gasteiger partial charge in [-0.25, -0.2) is 0 Å². The predicted octanol–water partition coefficient (Wildman–Crippen LogP) is 3.04. The quantitative estimate of drug-likeness (QED) is 0.610. The summed E-state index contributed by atoms with van der Waals surface area (Å²) < 4.78 is 72.2. The maximum Gasteiger partial charge on any atom is 0.416 e. The first-order chi connectivity index (χ1) is 12.2. The van der Waals surface area contributed by atoms with Crippen molar-refractivity contribution in [3.8, 4) is 11.5 Å². The van der Waals surface area contributed by atoms with Crippen LogP contribution in [0, 0.1) is 0 Å². The van der Waals surface area contributed by atoms with Crippen LogP contribution in [-0.2, 0) is 16.2 Å². The average molecular weight is 388 g/mol. The summed E-state index contributed by atoms with van der Waals surface area (Å²) in [5, 5.41) is 3.57. The van der Waals surface area contributed by atoms with Crippen molar-refractivity contribution >= 4 is 16.2 Å². The Kier molecular flexibility index (Phi) is 5.76. The van der Waals surface area contributed by atoms with E-state index in [2.05, 4.69) is 5.10 Å². The lowest BCUT2D eigenvalue weighted by Gasteiger charge is -2.10. The third-order valence-corrected chi connectivity index (χ3v) is 4.53. The van der Waals surface area contributed by atoms with Gasteiger partial charge in [-0.15, -0.1) is 0 Å². The van der Waals surface area contributed by atoms with E-state index < -0.39 is 21.8 Å². The van der Waals surface area contributed by atoms with Gasteiger partial charge in [-0.2, -0.15) is 31.5 Å². The van der Waals surface area contributed by atoms with Gasteiger partial charge in [0, 0.05) is 6.07 Å². The van der Waals surface area contributed by atoms with Crippen LogP contribution in [0.5, 0.6) is 11.5 Å². The molecule has 0 saturated heterocycles. The normalized spacial score (nSPS) is 12.2. The van der Waals surface area contributed by atoms with E-state index in [1.165, 1.54) is 44.6 Å². The molecule has 2 aromatic rings. The number of hydrogen-bond donors (Lipinski definition) is 1. The van der Waals surface area contributed by atoms with Gasteiger partial charge in [-0.1, -0.05) is 12.1 Å². The lowest BCUT2D eigenvalue weighted by atomic mass is 10.1. The number of hydrazone groups is 1. The minimum atomic E-state index is -4.44. The van der Waals surface area contributed by atoms with E-state index in [4.69, 9.17) is 9.47 Å². The smallest absolute Gasteiger partial charge is 0.416 e. The summed E-state index contributed by atoms with van der Waals surface area (Å²) in [6.07, 6.45) is -3.36. The Morgan fingerprint density at radius 1 is 1.04 bits per heavy atom. The fraction of sp³-hybridized carbons (Fsp3) is 0.188. The van der Waals surface area contributed by atoms with Gasteiger partial charge in [0.15, 0.2) is 0 Å². The number of methoxy groups -OCH3 is 2. The van der Waals surface area contributed by atoms with E-state index >= 15 is 0 Å². The van der Waals surface area contributed by atoms with Crippen molar-refractivity contribution in [2.24, 2.45) is 5.10 Å². The monoisotopic (exact) mass is 388 g/mol. The first kappa shape index (κ1) is 19.6. The fourth-order valence-corrected chi connectivity index (χ4v) is 2.95. The lowest BCUT2D eigenvalue weighted by molar-refractivity contribution is -0.137. The zero-order valence-electron chi connectivity index (χ0n) is 13.7. The van der Waals surface area contributed by atoms with Gasteiger partial charge in [0.25, 0.3) is 10.0 Å². The van der Waals surface area contributed by atoms with Crippen molar-refractivity contribution in [3.05, 3.63) is 53.6 Å². The van der Waals surface area contributed by atoms with Gasteiger partial charge in [-0.05, 0) is 29.8 Å². The summed E-state index contributed by atoms with van der Waals surface area (Å²) in [6, 6.07) is 8.31. The second kappa shape index (κ2) is 7.65. The Bertz CT molecular complexity index is 895. The van der Waals surface area contributed by atoms with Crippen LogP contribution in [0.4, 0.5) is 13.2 Å². The van der Waals surface area contributed by atoms with Gasteiger partial charge in [0.05, 0.1) is 26.0 Å². The maximum atomic E-state index is 12.5. The number of hydrogen-bond acceptors (Lipinski definition) is 5. The van der Waals surface area contributed by atoms with Crippen molar-refractivity contribution in [2.45, 2.75) is 11.1 Å². The summed E-state index contributed by atoms with van der Waals surface area (Å²) in [4.78, 5) is 1.79. The van der Waals surface area contributed by atoms with Crippen LogP contribution in [0.2, 0.25) is 0 Å². The first-order valence-electron chi connectivity index (χ1n) is 7.11. The number of rotatable bonds is 6. The number of ether oxygens (including phenoxy) is 2. The largest absolute Gasteiger partial charge is 0.497 e. The number of sulfonamides is 1. The molecule has 0 heterocycles. The molecule has 6 nitrogen and oxygen atoms in total. The van der Waals surface area contributed by atoms with Crippen LogP contribution in [0.15, 0.2) is 52.5 Å². The molecule has 0 saturated carbocycles. The van der Waals surface area contributed by atoms with Gasteiger partial charge in [0.1, 0.15) is 16.4 Å². The standard InChI is InChI=1S/C16H15F3N2O4S/c1-24-13-7-8-14(25-2)15(9-13)26(22,23)21-20-10-11-3-5-12(6-4-11)16(17,18)19/h3-10,21H,1-2H3/b20-10+. The van der Waals surface area contributed by atoms with Gasteiger partial charge in [0.2, 0.25) is 0 Å². The van der Waals surface area contributed by atoms with Crippen LogP contribution < -0.4 is 14.3 Å². The summed E-state index contributed by atoms with van der Waals surface area (Å²) in [6.45, 7) is 0. The van der Waals surface area contributed by atoms with E-state index in [1.54, 1.807) is 0 Å². The molecule has 2 aromatic carbocycles. The Hall–Kier alpha value is -2.75. The van der Waals surface area contributed by atoms with Crippen LogP contribution in [0.25, 0.3) is 0 Å². The summed E-state index contributed by atoms with van der Waals surface area (Å²) in [5.74, 6) is 0.390. The lowest BCUT2D eigenvalue weighted by Crippen LogP contribution is -2.19. The molecule has 26 heavy (non-hydrogen) atoms. The Morgan fingerprint density at radius 2 is 1.69 bits per heavy atom.